The van der Waals surface area contributed by atoms with Crippen molar-refractivity contribution in [2.75, 3.05) is 25.5 Å². The van der Waals surface area contributed by atoms with Crippen molar-refractivity contribution in [2.24, 2.45) is 0 Å². The monoisotopic (exact) mass is 247 g/mol. The Morgan fingerprint density at radius 2 is 2.33 bits per heavy atom. The van der Waals surface area contributed by atoms with Crippen molar-refractivity contribution in [3.63, 3.8) is 0 Å². The van der Waals surface area contributed by atoms with Crippen LogP contribution in [0.3, 0.4) is 0 Å². The van der Waals surface area contributed by atoms with E-state index in [0.717, 1.165) is 31.6 Å². The summed E-state index contributed by atoms with van der Waals surface area (Å²) in [4.78, 5) is 20.8. The van der Waals surface area contributed by atoms with Crippen LogP contribution in [0.2, 0.25) is 0 Å². The van der Waals surface area contributed by atoms with Crippen LogP contribution >= 0.6 is 0 Å². The van der Waals surface area contributed by atoms with Gasteiger partial charge in [0, 0.05) is 32.9 Å². The molecule has 0 aromatic carbocycles. The molecule has 1 atom stereocenters. The van der Waals surface area contributed by atoms with E-state index in [-0.39, 0.29) is 5.91 Å². The Bertz CT molecular complexity index is 431. The Labute approximate surface area is 109 Å². The normalized spacial score (nSPS) is 19.1. The van der Waals surface area contributed by atoms with Crippen LogP contribution in [-0.2, 0) is 0 Å². The van der Waals surface area contributed by atoms with Gasteiger partial charge in [0.2, 0.25) is 0 Å². The highest BCUT2D eigenvalue weighted by Gasteiger charge is 2.29. The molecule has 1 aliphatic rings. The Morgan fingerprint density at radius 1 is 1.56 bits per heavy atom. The molecule has 1 aromatic rings. The molecule has 0 radical (unpaired) electrons. The molecule has 1 saturated heterocycles. The van der Waals surface area contributed by atoms with E-state index < -0.39 is 0 Å². The predicted octanol–water partition coefficient (Wildman–Crippen LogP) is 2.16. The van der Waals surface area contributed by atoms with Crippen molar-refractivity contribution in [3.8, 4) is 0 Å². The molecule has 0 N–H and O–H groups in total. The van der Waals surface area contributed by atoms with Gasteiger partial charge in [-0.25, -0.2) is 4.98 Å². The molecule has 1 unspecified atom stereocenters. The van der Waals surface area contributed by atoms with Crippen LogP contribution in [0.15, 0.2) is 18.3 Å². The summed E-state index contributed by atoms with van der Waals surface area (Å²) < 4.78 is 0. The summed E-state index contributed by atoms with van der Waals surface area (Å²) in [5.41, 5.74) is 0.711. The van der Waals surface area contributed by atoms with Gasteiger partial charge in [0.15, 0.2) is 0 Å². The lowest BCUT2D eigenvalue weighted by molar-refractivity contribution is 0.0734. The lowest BCUT2D eigenvalue weighted by Gasteiger charge is -2.25. The van der Waals surface area contributed by atoms with Crippen LogP contribution < -0.4 is 4.90 Å². The number of aromatic nitrogens is 1. The molecule has 18 heavy (non-hydrogen) atoms. The van der Waals surface area contributed by atoms with E-state index in [2.05, 4.69) is 11.9 Å². The van der Waals surface area contributed by atoms with Crippen LogP contribution in [0.1, 0.15) is 36.5 Å². The molecule has 4 heteroatoms. The summed E-state index contributed by atoms with van der Waals surface area (Å²) in [7, 11) is 3.83. The van der Waals surface area contributed by atoms with Crippen LogP contribution in [-0.4, -0.2) is 42.5 Å². The zero-order valence-corrected chi connectivity index (χ0v) is 11.4. The summed E-state index contributed by atoms with van der Waals surface area (Å²) >= 11 is 0. The first kappa shape index (κ1) is 12.9. The predicted molar refractivity (Wildman–Crippen MR) is 72.9 cm³/mol. The molecule has 2 heterocycles. The molecule has 4 nitrogen and oxygen atoms in total. The molecule has 98 valence electrons. The van der Waals surface area contributed by atoms with E-state index in [1.807, 2.05) is 36.0 Å². The number of rotatable bonds is 3. The second kappa shape index (κ2) is 5.38. The summed E-state index contributed by atoms with van der Waals surface area (Å²) in [5, 5.41) is 0. The number of nitrogens with zero attached hydrogens (tertiary/aromatic N) is 3. The lowest BCUT2D eigenvalue weighted by Crippen LogP contribution is -2.36. The van der Waals surface area contributed by atoms with Crippen molar-refractivity contribution in [1.29, 1.82) is 0 Å². The minimum absolute atomic E-state index is 0.121. The summed E-state index contributed by atoms with van der Waals surface area (Å²) in [6, 6.07) is 4.10. The van der Waals surface area contributed by atoms with E-state index in [1.165, 1.54) is 0 Å². The molecule has 0 bridgehead atoms. The first-order valence-corrected chi connectivity index (χ1v) is 6.58. The van der Waals surface area contributed by atoms with Crippen molar-refractivity contribution in [1.82, 2.24) is 9.88 Å². The summed E-state index contributed by atoms with van der Waals surface area (Å²) in [6.07, 6.45) is 5.00. The minimum Gasteiger partial charge on any atom is -0.362 e. The van der Waals surface area contributed by atoms with E-state index >= 15 is 0 Å². The van der Waals surface area contributed by atoms with Crippen LogP contribution in [0.25, 0.3) is 0 Å². The first-order chi connectivity index (χ1) is 8.65. The molecule has 1 aromatic heterocycles. The quantitative estimate of drug-likeness (QED) is 0.821. The Kier molecular flexibility index (Phi) is 3.84. The van der Waals surface area contributed by atoms with Crippen LogP contribution in [0.4, 0.5) is 5.82 Å². The molecule has 0 spiro atoms. The zero-order valence-electron chi connectivity index (χ0n) is 11.4. The fraction of sp³-hybridized carbons (Fsp3) is 0.571. The Morgan fingerprint density at radius 3 is 3.00 bits per heavy atom. The molecular weight excluding hydrogens is 226 g/mol. The number of likely N-dealkylation sites (tertiary alicyclic amines) is 1. The molecule has 0 saturated carbocycles. The number of pyridine rings is 1. The number of amides is 1. The van der Waals surface area contributed by atoms with Crippen molar-refractivity contribution in [2.45, 2.75) is 32.2 Å². The standard InChI is InChI=1S/C14H21N3O/c1-4-11-7-6-10-17(11)14(18)12-8-5-9-15-13(12)16(2)3/h5,8-9,11H,4,6-7,10H2,1-3H3. The van der Waals surface area contributed by atoms with Gasteiger partial charge in [-0.05, 0) is 31.4 Å². The van der Waals surface area contributed by atoms with E-state index in [9.17, 15) is 4.79 Å². The third kappa shape index (κ3) is 2.33. The number of hydrogen-bond donors (Lipinski definition) is 0. The fourth-order valence-corrected chi connectivity index (χ4v) is 2.60. The maximum absolute atomic E-state index is 12.6. The number of carbonyl (C=O) groups excluding carboxylic acids is 1. The largest absolute Gasteiger partial charge is 0.362 e. The van der Waals surface area contributed by atoms with Crippen LogP contribution in [0.5, 0.6) is 0 Å². The van der Waals surface area contributed by atoms with E-state index in [0.29, 0.717) is 11.6 Å². The van der Waals surface area contributed by atoms with Crippen molar-refractivity contribution >= 4 is 11.7 Å². The smallest absolute Gasteiger partial charge is 0.257 e. The van der Waals surface area contributed by atoms with Gasteiger partial charge in [-0.2, -0.15) is 0 Å². The lowest BCUT2D eigenvalue weighted by atomic mass is 10.1. The number of carbonyl (C=O) groups is 1. The zero-order chi connectivity index (χ0) is 13.1. The van der Waals surface area contributed by atoms with Crippen molar-refractivity contribution < 1.29 is 4.79 Å². The summed E-state index contributed by atoms with van der Waals surface area (Å²) in [6.45, 7) is 3.02. The average molecular weight is 247 g/mol. The topological polar surface area (TPSA) is 36.4 Å². The third-order valence-corrected chi connectivity index (χ3v) is 3.55. The van der Waals surface area contributed by atoms with Crippen molar-refractivity contribution in [3.05, 3.63) is 23.9 Å². The Hall–Kier alpha value is -1.58. The van der Waals surface area contributed by atoms with Gasteiger partial charge in [-0.1, -0.05) is 6.92 Å². The second-order valence-electron chi connectivity index (χ2n) is 4.97. The SMILES string of the molecule is CCC1CCCN1C(=O)c1cccnc1N(C)C. The van der Waals surface area contributed by atoms with E-state index in [1.54, 1.807) is 6.20 Å². The van der Waals surface area contributed by atoms with Crippen LogP contribution in [0, 0.1) is 0 Å². The van der Waals surface area contributed by atoms with Gasteiger partial charge >= 0.3 is 0 Å². The number of anilines is 1. The van der Waals surface area contributed by atoms with Gasteiger partial charge in [0.25, 0.3) is 5.91 Å². The minimum atomic E-state index is 0.121. The Balaban J connectivity index is 2.28. The highest BCUT2D eigenvalue weighted by atomic mass is 16.2. The number of hydrogen-bond acceptors (Lipinski definition) is 3. The summed E-state index contributed by atoms with van der Waals surface area (Å²) in [5.74, 6) is 0.875. The molecular formula is C14H21N3O. The van der Waals surface area contributed by atoms with Gasteiger partial charge in [-0.3, -0.25) is 4.79 Å². The molecule has 2 rings (SSSR count). The maximum atomic E-state index is 12.6. The fourth-order valence-electron chi connectivity index (χ4n) is 2.60. The molecule has 1 aliphatic heterocycles. The first-order valence-electron chi connectivity index (χ1n) is 6.58. The molecule has 0 aliphatic carbocycles. The highest BCUT2D eigenvalue weighted by molar-refractivity contribution is 5.99. The van der Waals surface area contributed by atoms with E-state index in [4.69, 9.17) is 0 Å². The molecule has 1 fully saturated rings. The van der Waals surface area contributed by atoms with Gasteiger partial charge in [0.05, 0.1) is 5.56 Å². The molecule has 1 amide bonds. The maximum Gasteiger partial charge on any atom is 0.257 e. The average Bonchev–Trinajstić information content (AvgIpc) is 2.86. The van der Waals surface area contributed by atoms with Gasteiger partial charge in [-0.15, -0.1) is 0 Å². The van der Waals surface area contributed by atoms with Gasteiger partial charge in [0.1, 0.15) is 5.82 Å². The second-order valence-corrected chi connectivity index (χ2v) is 4.97. The third-order valence-electron chi connectivity index (χ3n) is 3.55. The van der Waals surface area contributed by atoms with Gasteiger partial charge < -0.3 is 9.80 Å². The highest BCUT2D eigenvalue weighted by Crippen LogP contribution is 2.25.